The van der Waals surface area contributed by atoms with E-state index in [9.17, 15) is 21.6 Å². The van der Waals surface area contributed by atoms with E-state index in [-0.39, 0.29) is 27.1 Å². The van der Waals surface area contributed by atoms with Crippen molar-refractivity contribution in [3.05, 3.63) is 69.1 Å². The van der Waals surface area contributed by atoms with E-state index in [4.69, 9.17) is 16.7 Å². The van der Waals surface area contributed by atoms with Crippen LogP contribution in [0, 0.1) is 6.92 Å². The summed E-state index contributed by atoms with van der Waals surface area (Å²) in [4.78, 5) is 17.1. The number of aromatic nitrogens is 1. The number of hydrogen-bond donors (Lipinski definition) is 2. The summed E-state index contributed by atoms with van der Waals surface area (Å²) in [6, 6.07) is 10.4. The van der Waals surface area contributed by atoms with Gasteiger partial charge in [-0.25, -0.2) is 27.0 Å². The first-order valence-corrected chi connectivity index (χ1v) is 14.9. The molecule has 3 N–H and O–H groups in total. The summed E-state index contributed by atoms with van der Waals surface area (Å²) in [6.45, 7) is 2.48. The Bertz CT molecular complexity index is 1480. The first-order valence-electron chi connectivity index (χ1n) is 10.6. The predicted octanol–water partition coefficient (Wildman–Crippen LogP) is 3.57. The Balaban J connectivity index is 1.40. The SMILES string of the molecule is Cc1ccc(S(=O)(=O)N2CCC(c3nc(C(=O)Nc4cccc(S(N)(=O)=O)c4)cs3)CC2)cc1Cl. The molecule has 0 aliphatic carbocycles. The van der Waals surface area contributed by atoms with Gasteiger partial charge >= 0.3 is 0 Å². The first-order chi connectivity index (χ1) is 16.4. The van der Waals surface area contributed by atoms with Crippen LogP contribution in [0.4, 0.5) is 5.69 Å². The number of thiazole rings is 1. The zero-order valence-corrected chi connectivity index (χ0v) is 21.8. The summed E-state index contributed by atoms with van der Waals surface area (Å²) in [5.41, 5.74) is 1.30. The lowest BCUT2D eigenvalue weighted by Crippen LogP contribution is -2.37. The number of nitrogens with one attached hydrogen (secondary N) is 1. The number of primary sulfonamides is 1. The van der Waals surface area contributed by atoms with Gasteiger partial charge in [-0.3, -0.25) is 4.79 Å². The first kappa shape index (κ1) is 25.7. The number of nitrogens with two attached hydrogens (primary N) is 1. The normalized spacial score (nSPS) is 15.7. The molecule has 2 heterocycles. The molecule has 0 radical (unpaired) electrons. The predicted molar refractivity (Wildman–Crippen MR) is 135 cm³/mol. The highest BCUT2D eigenvalue weighted by atomic mass is 35.5. The van der Waals surface area contributed by atoms with E-state index in [0.29, 0.717) is 31.0 Å². The van der Waals surface area contributed by atoms with E-state index in [1.165, 1.54) is 39.9 Å². The van der Waals surface area contributed by atoms with Gasteiger partial charge in [0.25, 0.3) is 5.91 Å². The lowest BCUT2D eigenvalue weighted by Gasteiger charge is -2.30. The van der Waals surface area contributed by atoms with Crippen LogP contribution in [0.3, 0.4) is 0 Å². The van der Waals surface area contributed by atoms with Crippen LogP contribution in [0.5, 0.6) is 0 Å². The lowest BCUT2D eigenvalue weighted by molar-refractivity contribution is 0.102. The van der Waals surface area contributed by atoms with Crippen molar-refractivity contribution in [3.8, 4) is 0 Å². The Morgan fingerprint density at radius 2 is 1.83 bits per heavy atom. The summed E-state index contributed by atoms with van der Waals surface area (Å²) in [6.07, 6.45) is 1.15. The maximum Gasteiger partial charge on any atom is 0.275 e. The van der Waals surface area contributed by atoms with Crippen molar-refractivity contribution in [2.24, 2.45) is 5.14 Å². The highest BCUT2D eigenvalue weighted by Crippen LogP contribution is 2.33. The van der Waals surface area contributed by atoms with Crippen molar-refractivity contribution in [1.29, 1.82) is 0 Å². The number of aryl methyl sites for hydroxylation is 1. The third kappa shape index (κ3) is 5.74. The summed E-state index contributed by atoms with van der Waals surface area (Å²) in [7, 11) is -7.54. The maximum absolute atomic E-state index is 13.0. The molecular formula is C22H23ClN4O5S3. The number of hydrogen-bond acceptors (Lipinski definition) is 7. The van der Waals surface area contributed by atoms with Crippen LogP contribution in [0.2, 0.25) is 5.02 Å². The third-order valence-corrected chi connectivity index (χ3v) is 9.98. The molecular weight excluding hydrogens is 532 g/mol. The molecule has 9 nitrogen and oxygen atoms in total. The molecule has 0 spiro atoms. The third-order valence-electron chi connectivity index (χ3n) is 5.76. The van der Waals surface area contributed by atoms with Crippen molar-refractivity contribution in [3.63, 3.8) is 0 Å². The molecule has 3 aromatic rings. The zero-order valence-electron chi connectivity index (χ0n) is 18.6. The number of amides is 1. The molecule has 2 aromatic carbocycles. The molecule has 1 aliphatic rings. The van der Waals surface area contributed by atoms with Crippen molar-refractivity contribution in [2.45, 2.75) is 35.5 Å². The Hall–Kier alpha value is -2.35. The molecule has 1 fully saturated rings. The Kier molecular flexibility index (Phi) is 7.32. The van der Waals surface area contributed by atoms with Crippen LogP contribution in [-0.4, -0.2) is 45.1 Å². The van der Waals surface area contributed by atoms with Gasteiger partial charge in [0.15, 0.2) is 0 Å². The van der Waals surface area contributed by atoms with Gasteiger partial charge in [-0.1, -0.05) is 23.7 Å². The van der Waals surface area contributed by atoms with E-state index >= 15 is 0 Å². The second-order valence-electron chi connectivity index (χ2n) is 8.19. The summed E-state index contributed by atoms with van der Waals surface area (Å²) in [5.74, 6) is -0.448. The largest absolute Gasteiger partial charge is 0.321 e. The Morgan fingerprint density at radius 1 is 1.11 bits per heavy atom. The second-order valence-corrected chi connectivity index (χ2v) is 13.0. The van der Waals surface area contributed by atoms with Crippen LogP contribution in [0.15, 0.2) is 57.6 Å². The summed E-state index contributed by atoms with van der Waals surface area (Å²) < 4.78 is 50.5. The molecule has 1 aliphatic heterocycles. The minimum Gasteiger partial charge on any atom is -0.321 e. The van der Waals surface area contributed by atoms with E-state index in [1.807, 2.05) is 6.92 Å². The van der Waals surface area contributed by atoms with Crippen LogP contribution >= 0.6 is 22.9 Å². The summed E-state index contributed by atoms with van der Waals surface area (Å²) in [5, 5.41) is 10.6. The highest BCUT2D eigenvalue weighted by molar-refractivity contribution is 7.89. The molecule has 13 heteroatoms. The van der Waals surface area contributed by atoms with Crippen molar-refractivity contribution >= 4 is 54.6 Å². The van der Waals surface area contributed by atoms with Gasteiger partial charge in [0, 0.05) is 35.1 Å². The van der Waals surface area contributed by atoms with Crippen molar-refractivity contribution in [1.82, 2.24) is 9.29 Å². The van der Waals surface area contributed by atoms with Crippen LogP contribution in [0.25, 0.3) is 0 Å². The quantitative estimate of drug-likeness (QED) is 0.477. The number of anilines is 1. The van der Waals surface area contributed by atoms with Gasteiger partial charge in [0.05, 0.1) is 14.8 Å². The zero-order chi connectivity index (χ0) is 25.4. The molecule has 0 saturated carbocycles. The van der Waals surface area contributed by atoms with E-state index in [1.54, 1.807) is 23.6 Å². The van der Waals surface area contributed by atoms with Gasteiger partial charge in [-0.2, -0.15) is 4.31 Å². The molecule has 0 atom stereocenters. The standard InChI is InChI=1S/C22H23ClN4O5S3/c1-14-5-6-18(12-19(14)23)35(31,32)27-9-7-15(8-10-27)22-26-20(13-33-22)21(28)25-16-3-2-4-17(11-16)34(24,29)30/h2-6,11-13,15H,7-10H2,1H3,(H,25,28)(H2,24,29,30). The average molecular weight is 555 g/mol. The minimum atomic E-state index is -3.89. The fourth-order valence-electron chi connectivity index (χ4n) is 3.75. The van der Waals surface area contributed by atoms with Crippen LogP contribution in [0.1, 0.15) is 39.8 Å². The number of halogens is 1. The number of carbonyl (C=O) groups excluding carboxylic acids is 1. The van der Waals surface area contributed by atoms with Crippen LogP contribution < -0.4 is 10.5 Å². The molecule has 1 aromatic heterocycles. The van der Waals surface area contributed by atoms with E-state index < -0.39 is 26.0 Å². The van der Waals surface area contributed by atoms with Gasteiger partial charge in [0.1, 0.15) is 5.69 Å². The van der Waals surface area contributed by atoms with Gasteiger partial charge in [-0.05, 0) is 55.7 Å². The molecule has 186 valence electrons. The average Bonchev–Trinajstić information content (AvgIpc) is 3.31. The van der Waals surface area contributed by atoms with Crippen LogP contribution in [-0.2, 0) is 20.0 Å². The van der Waals surface area contributed by atoms with Gasteiger partial charge < -0.3 is 5.32 Å². The number of benzene rings is 2. The van der Waals surface area contributed by atoms with Crippen molar-refractivity contribution < 1.29 is 21.6 Å². The maximum atomic E-state index is 13.0. The molecule has 1 amide bonds. The summed E-state index contributed by atoms with van der Waals surface area (Å²) >= 11 is 7.45. The van der Waals surface area contributed by atoms with Gasteiger partial charge in [-0.15, -0.1) is 11.3 Å². The fourth-order valence-corrected chi connectivity index (χ4v) is 7.02. The number of nitrogens with zero attached hydrogens (tertiary/aromatic N) is 2. The minimum absolute atomic E-state index is 0.0281. The molecule has 35 heavy (non-hydrogen) atoms. The van der Waals surface area contributed by atoms with E-state index in [0.717, 1.165) is 10.6 Å². The molecule has 1 saturated heterocycles. The molecule has 0 unspecified atom stereocenters. The Labute approximate surface area is 213 Å². The molecule has 4 rings (SSSR count). The monoisotopic (exact) mass is 554 g/mol. The number of carbonyl (C=O) groups is 1. The second kappa shape index (κ2) is 9.96. The number of sulfonamides is 2. The topological polar surface area (TPSA) is 140 Å². The van der Waals surface area contributed by atoms with E-state index in [2.05, 4.69) is 10.3 Å². The lowest BCUT2D eigenvalue weighted by atomic mass is 9.99. The fraction of sp³-hybridized carbons (Fsp3) is 0.273. The highest BCUT2D eigenvalue weighted by Gasteiger charge is 2.31. The number of rotatable bonds is 6. The Morgan fingerprint density at radius 3 is 2.49 bits per heavy atom. The molecule has 0 bridgehead atoms. The number of piperidine rings is 1. The van der Waals surface area contributed by atoms with Gasteiger partial charge in [0.2, 0.25) is 20.0 Å². The van der Waals surface area contributed by atoms with Crippen molar-refractivity contribution in [2.75, 3.05) is 18.4 Å². The smallest absolute Gasteiger partial charge is 0.275 e.